The summed E-state index contributed by atoms with van der Waals surface area (Å²) < 4.78 is 80.7. The van der Waals surface area contributed by atoms with Gasteiger partial charge in [0, 0.05) is 41.7 Å². The van der Waals surface area contributed by atoms with Gasteiger partial charge in [-0.1, -0.05) is 192 Å². The van der Waals surface area contributed by atoms with Crippen LogP contribution in [0.3, 0.4) is 0 Å². The van der Waals surface area contributed by atoms with Gasteiger partial charge >= 0.3 is 18.1 Å². The lowest BCUT2D eigenvalue weighted by atomic mass is 9.82. The minimum Gasteiger partial charge on any atom is -0.451 e. The van der Waals surface area contributed by atoms with Crippen molar-refractivity contribution in [1.82, 2.24) is 0 Å². The average Bonchev–Trinajstić information content (AvgIpc) is 1.99. The molecule has 6 aromatic rings. The normalized spacial score (nSPS) is 27.3. The van der Waals surface area contributed by atoms with Gasteiger partial charge in [-0.05, 0) is 88.4 Å². The van der Waals surface area contributed by atoms with E-state index in [-0.39, 0.29) is 74.6 Å². The van der Waals surface area contributed by atoms with Gasteiger partial charge in [0.15, 0.2) is 37.2 Å². The van der Waals surface area contributed by atoms with E-state index in [2.05, 4.69) is 41.2 Å². The lowest BCUT2D eigenvalue weighted by Gasteiger charge is -2.51. The van der Waals surface area contributed by atoms with E-state index in [0.717, 1.165) is 33.4 Å². The first-order chi connectivity index (χ1) is 43.5. The summed E-state index contributed by atoms with van der Waals surface area (Å²) in [6.45, 7) is 11.1. The Bertz CT molecular complexity index is 3200. The van der Waals surface area contributed by atoms with Gasteiger partial charge in [-0.3, -0.25) is 0 Å². The van der Waals surface area contributed by atoms with Crippen molar-refractivity contribution in [3.05, 3.63) is 214 Å². The summed E-state index contributed by atoms with van der Waals surface area (Å²) >= 11 is 0. The molecule has 6 unspecified atom stereocenters. The summed E-state index contributed by atoms with van der Waals surface area (Å²) in [4.78, 5) is 46.4. The number of ether oxygens (including phenoxy) is 12. The SMILES string of the molecule is CCC1O[C@H](O[C@@H]2C(OC(=O)c3ccccc3)[C@@H](O[C@@H]3C(OC(=O)c4ccccc4)[C@@H](OCCCCCN=[N+]=[N-])OC(COCc4ccccc4)[C@H]3C)OC(COCc3ccccc3)[C@H]2C)C(OC(=O)OCC2c3ccccc3-c3ccccc32)[C@@H](C)[C@@H]1C. The molecule has 3 heterocycles. The highest BCUT2D eigenvalue weighted by molar-refractivity contribution is 5.90. The van der Waals surface area contributed by atoms with Gasteiger partial charge in [-0.15, -0.1) is 0 Å². The standard InChI is InChI=1S/C71H81N3O15/c1-6-58-45(2)46(3)63(89-71(77)81-42-57-55-36-22-20-34-53(55)54-35-21-23-37-56(54)57)69(82-58)87-62-48(5)60(44-79-41-50-28-14-8-15-29-50)84-70(65(62)86-67(76)52-32-18-10-19-33-52)88-61-47(4)59(43-78-40-49-26-12-7-13-27-49)83-68(80-39-25-11-24-38-73-74-72)64(61)85-66(75)51-30-16-9-17-31-51/h7-10,12-23,26-37,45-48,57-65,68-70H,6,11,24-25,38-44H2,1-5H3/t45-,46-,47+,48+,58?,59?,60?,61-,62-,63?,64?,65?,68-,69+,70+/m0/s1. The molecule has 18 nitrogen and oxygen atoms in total. The van der Waals surface area contributed by atoms with Crippen molar-refractivity contribution in [3.63, 3.8) is 0 Å². The Morgan fingerprint density at radius 1 is 0.483 bits per heavy atom. The van der Waals surface area contributed by atoms with Crippen LogP contribution in [0.5, 0.6) is 0 Å². The molecule has 0 radical (unpaired) electrons. The monoisotopic (exact) mass is 1220 g/mol. The fourth-order valence-corrected chi connectivity index (χ4v) is 12.4. The van der Waals surface area contributed by atoms with Crippen molar-refractivity contribution >= 4 is 18.1 Å². The van der Waals surface area contributed by atoms with Crippen LogP contribution in [0.15, 0.2) is 175 Å². The van der Waals surface area contributed by atoms with Crippen molar-refractivity contribution in [2.75, 3.05) is 33.0 Å². The highest BCUT2D eigenvalue weighted by atomic mass is 16.8. The largest absolute Gasteiger partial charge is 0.508 e. The molecule has 470 valence electrons. The maximum Gasteiger partial charge on any atom is 0.508 e. The molecule has 1 aliphatic carbocycles. The third kappa shape index (κ3) is 16.3. The molecule has 6 aromatic carbocycles. The lowest BCUT2D eigenvalue weighted by Crippen LogP contribution is -2.64. The molecule has 4 aliphatic rings. The molecule has 0 spiro atoms. The van der Waals surface area contributed by atoms with Crippen LogP contribution in [0.2, 0.25) is 0 Å². The number of nitrogens with zero attached hydrogens (tertiary/aromatic N) is 3. The van der Waals surface area contributed by atoms with Gasteiger partial charge in [-0.2, -0.15) is 0 Å². The first-order valence-electron chi connectivity index (χ1n) is 31.2. The third-order valence-corrected chi connectivity index (χ3v) is 17.6. The maximum absolute atomic E-state index is 14.8. The summed E-state index contributed by atoms with van der Waals surface area (Å²) in [7, 11) is 0. The van der Waals surface area contributed by atoms with Crippen LogP contribution >= 0.6 is 0 Å². The number of unbranched alkanes of at least 4 members (excludes halogenated alkanes) is 2. The maximum atomic E-state index is 14.8. The van der Waals surface area contributed by atoms with Crippen molar-refractivity contribution in [1.29, 1.82) is 0 Å². The smallest absolute Gasteiger partial charge is 0.451 e. The van der Waals surface area contributed by atoms with Crippen molar-refractivity contribution in [3.8, 4) is 11.1 Å². The van der Waals surface area contributed by atoms with Crippen LogP contribution in [0.1, 0.15) is 109 Å². The van der Waals surface area contributed by atoms with E-state index in [1.54, 1.807) is 60.7 Å². The number of esters is 2. The zero-order valence-electron chi connectivity index (χ0n) is 51.1. The van der Waals surface area contributed by atoms with Crippen molar-refractivity contribution < 1.29 is 71.2 Å². The van der Waals surface area contributed by atoms with Gasteiger partial charge in [0.05, 0.1) is 55.9 Å². The predicted molar refractivity (Wildman–Crippen MR) is 330 cm³/mol. The van der Waals surface area contributed by atoms with E-state index in [1.807, 2.05) is 113 Å². The Morgan fingerprint density at radius 2 is 0.944 bits per heavy atom. The Labute approximate surface area is 520 Å². The first-order valence-corrected chi connectivity index (χ1v) is 31.2. The summed E-state index contributed by atoms with van der Waals surface area (Å²) in [6, 6.07) is 52.9. The van der Waals surface area contributed by atoms with Crippen LogP contribution in [0, 0.1) is 23.7 Å². The molecule has 0 bridgehead atoms. The molecule has 3 saturated heterocycles. The number of benzene rings is 6. The second kappa shape index (κ2) is 31.8. The Morgan fingerprint density at radius 3 is 1.46 bits per heavy atom. The van der Waals surface area contributed by atoms with Gasteiger partial charge < -0.3 is 56.8 Å². The summed E-state index contributed by atoms with van der Waals surface area (Å²) in [5.41, 5.74) is 15.6. The highest BCUT2D eigenvalue weighted by Crippen LogP contribution is 2.46. The molecular weight excluding hydrogens is 1130 g/mol. The first kappa shape index (κ1) is 64.5. The number of hydrogen-bond acceptors (Lipinski definition) is 16. The van der Waals surface area contributed by atoms with E-state index >= 15 is 0 Å². The van der Waals surface area contributed by atoms with Gasteiger partial charge in [-0.25, -0.2) is 14.4 Å². The minimum atomic E-state index is -1.46. The fraction of sp³-hybridized carbons (Fsp3) is 0.451. The molecule has 18 heteroatoms. The summed E-state index contributed by atoms with van der Waals surface area (Å²) in [6.07, 6.45) is -9.99. The van der Waals surface area contributed by atoms with E-state index in [0.29, 0.717) is 32.2 Å². The van der Waals surface area contributed by atoms with E-state index < -0.39 is 91.5 Å². The molecular formula is C71H81N3O15. The number of rotatable bonds is 27. The second-order valence-electron chi connectivity index (χ2n) is 23.4. The molecule has 15 atom stereocenters. The van der Waals surface area contributed by atoms with Gasteiger partial charge in [0.25, 0.3) is 0 Å². The zero-order chi connectivity index (χ0) is 62.1. The van der Waals surface area contributed by atoms with Crippen molar-refractivity contribution in [2.45, 2.75) is 147 Å². The van der Waals surface area contributed by atoms with Crippen LogP contribution in [0.25, 0.3) is 21.6 Å². The van der Waals surface area contributed by atoms with Gasteiger partial charge in [0.1, 0.15) is 18.8 Å². The quantitative estimate of drug-likeness (QED) is 0.0117. The van der Waals surface area contributed by atoms with E-state index in [4.69, 9.17) is 62.4 Å². The van der Waals surface area contributed by atoms with E-state index in [9.17, 15) is 14.4 Å². The topological polar surface area (TPSA) is 211 Å². The Kier molecular flexibility index (Phi) is 23.1. The number of carbonyl (C=O) groups is 3. The summed E-state index contributed by atoms with van der Waals surface area (Å²) in [5, 5.41) is 3.68. The molecule has 0 N–H and O–H groups in total. The van der Waals surface area contributed by atoms with Gasteiger partial charge in [0.2, 0.25) is 0 Å². The van der Waals surface area contributed by atoms with Crippen LogP contribution in [-0.2, 0) is 70.1 Å². The number of fused-ring (bicyclic) bond motifs is 3. The molecule has 0 amide bonds. The second-order valence-corrected chi connectivity index (χ2v) is 23.4. The molecule has 3 fully saturated rings. The van der Waals surface area contributed by atoms with Crippen LogP contribution < -0.4 is 0 Å². The highest BCUT2D eigenvalue weighted by Gasteiger charge is 2.56. The minimum absolute atomic E-state index is 0.0302. The fourth-order valence-electron chi connectivity index (χ4n) is 12.4. The molecule has 3 aliphatic heterocycles. The number of hydrogen-bond donors (Lipinski definition) is 0. The van der Waals surface area contributed by atoms with Crippen LogP contribution in [-0.4, -0.2) is 119 Å². The number of azide groups is 1. The summed E-state index contributed by atoms with van der Waals surface area (Å²) in [5.74, 6) is -3.23. The number of carbonyl (C=O) groups excluding carboxylic acids is 3. The van der Waals surface area contributed by atoms with Crippen molar-refractivity contribution in [2.24, 2.45) is 28.8 Å². The Balaban J connectivity index is 1.00. The molecule has 0 aromatic heterocycles. The third-order valence-electron chi connectivity index (χ3n) is 17.6. The lowest BCUT2D eigenvalue weighted by molar-refractivity contribution is -0.367. The Hall–Kier alpha value is -7.48. The van der Waals surface area contributed by atoms with Crippen LogP contribution in [0.4, 0.5) is 4.79 Å². The molecule has 10 rings (SSSR count). The predicted octanol–water partition coefficient (Wildman–Crippen LogP) is 13.6. The molecule has 89 heavy (non-hydrogen) atoms. The molecule has 0 saturated carbocycles. The van der Waals surface area contributed by atoms with E-state index in [1.165, 1.54) is 0 Å². The average molecular weight is 1220 g/mol. The zero-order valence-corrected chi connectivity index (χ0v) is 51.1.